The first-order chi connectivity index (χ1) is 15.6. The predicted octanol–water partition coefficient (Wildman–Crippen LogP) is 5.17. The van der Waals surface area contributed by atoms with Crippen LogP contribution in [0.5, 0.6) is 11.6 Å². The summed E-state index contributed by atoms with van der Waals surface area (Å²) in [5.41, 5.74) is -0.433. The molecule has 0 saturated heterocycles. The van der Waals surface area contributed by atoms with Gasteiger partial charge in [-0.2, -0.15) is 13.2 Å². The Morgan fingerprint density at radius 2 is 1.91 bits per heavy atom. The Morgan fingerprint density at radius 3 is 2.55 bits per heavy atom. The Bertz CT molecular complexity index is 1250. The van der Waals surface area contributed by atoms with Crippen LogP contribution < -0.4 is 4.74 Å². The number of pyridine rings is 1. The molecule has 5 rings (SSSR count). The second-order valence-electron chi connectivity index (χ2n) is 8.16. The molecule has 3 heterocycles. The Morgan fingerprint density at radius 1 is 1.15 bits per heavy atom. The van der Waals surface area contributed by atoms with E-state index in [0.717, 1.165) is 37.1 Å². The lowest BCUT2D eigenvalue weighted by Crippen LogP contribution is -2.27. The van der Waals surface area contributed by atoms with Gasteiger partial charge in [0.2, 0.25) is 11.7 Å². The zero-order chi connectivity index (χ0) is 23.5. The van der Waals surface area contributed by atoms with E-state index in [1.807, 2.05) is 0 Å². The van der Waals surface area contributed by atoms with Crippen LogP contribution in [0.15, 0.2) is 30.5 Å². The number of aryl methyl sites for hydroxylation is 1. The number of aromatic nitrogens is 3. The van der Waals surface area contributed by atoms with E-state index in [4.69, 9.17) is 4.74 Å². The van der Waals surface area contributed by atoms with Crippen LogP contribution in [0.2, 0.25) is 0 Å². The van der Waals surface area contributed by atoms with Crippen molar-refractivity contribution in [2.75, 3.05) is 6.54 Å². The molecule has 2 aromatic heterocycles. The lowest BCUT2D eigenvalue weighted by atomic mass is 10.1. The third-order valence-corrected chi connectivity index (χ3v) is 5.66. The highest BCUT2D eigenvalue weighted by molar-refractivity contribution is 5.94. The minimum Gasteiger partial charge on any atom is -0.436 e. The smallest absolute Gasteiger partial charge is 0.417 e. The largest absolute Gasteiger partial charge is 0.436 e. The van der Waals surface area contributed by atoms with Gasteiger partial charge in [-0.25, -0.2) is 18.7 Å². The number of carbonyl (C=O) groups excluding carboxylic acids is 1. The Hall–Kier alpha value is -3.50. The van der Waals surface area contributed by atoms with E-state index in [0.29, 0.717) is 24.4 Å². The van der Waals surface area contributed by atoms with Crippen molar-refractivity contribution in [3.05, 3.63) is 59.2 Å². The molecule has 0 bridgehead atoms. The zero-order valence-electron chi connectivity index (χ0n) is 17.3. The number of benzene rings is 1. The molecular formula is C22H17F5N4O2. The first kappa shape index (κ1) is 21.4. The molecule has 33 heavy (non-hydrogen) atoms. The van der Waals surface area contributed by atoms with Crippen LogP contribution in [-0.2, 0) is 12.8 Å². The fourth-order valence-corrected chi connectivity index (χ4v) is 3.85. The fraction of sp³-hybridized carbons (Fsp3) is 0.318. The normalized spacial score (nSPS) is 15.8. The van der Waals surface area contributed by atoms with Gasteiger partial charge in [0.25, 0.3) is 5.91 Å². The molecule has 11 heteroatoms. The van der Waals surface area contributed by atoms with Crippen LogP contribution in [0.3, 0.4) is 0 Å². The van der Waals surface area contributed by atoms with Gasteiger partial charge >= 0.3 is 6.18 Å². The summed E-state index contributed by atoms with van der Waals surface area (Å²) in [6, 6.07) is 3.36. The number of ether oxygens (including phenoxy) is 1. The Balaban J connectivity index is 1.43. The number of imidazole rings is 1. The van der Waals surface area contributed by atoms with E-state index in [-0.39, 0.29) is 35.5 Å². The van der Waals surface area contributed by atoms with Crippen molar-refractivity contribution in [1.29, 1.82) is 0 Å². The van der Waals surface area contributed by atoms with Gasteiger partial charge in [-0.3, -0.25) is 4.79 Å². The first-order valence-corrected chi connectivity index (χ1v) is 10.2. The monoisotopic (exact) mass is 464 g/mol. The maximum atomic E-state index is 15.0. The van der Waals surface area contributed by atoms with Crippen LogP contribution in [-0.4, -0.2) is 31.9 Å². The summed E-state index contributed by atoms with van der Waals surface area (Å²) in [5.74, 6) is -2.24. The minimum absolute atomic E-state index is 0.0995. The Kier molecular flexibility index (Phi) is 4.87. The van der Waals surface area contributed by atoms with Crippen molar-refractivity contribution in [2.45, 2.75) is 32.6 Å². The van der Waals surface area contributed by atoms with Gasteiger partial charge in [-0.1, -0.05) is 0 Å². The molecule has 1 aliphatic carbocycles. The van der Waals surface area contributed by atoms with E-state index in [9.17, 15) is 22.4 Å². The molecule has 0 spiro atoms. The summed E-state index contributed by atoms with van der Waals surface area (Å²) in [6.07, 6.45) is -1.91. The zero-order valence-corrected chi connectivity index (χ0v) is 17.3. The molecule has 2 aliphatic rings. The molecule has 1 saturated carbocycles. The van der Waals surface area contributed by atoms with Gasteiger partial charge in [-0.05, 0) is 37.8 Å². The molecule has 6 nitrogen and oxygen atoms in total. The molecule has 1 amide bonds. The molecule has 0 atom stereocenters. The van der Waals surface area contributed by atoms with Gasteiger partial charge in [0, 0.05) is 30.4 Å². The van der Waals surface area contributed by atoms with Crippen molar-refractivity contribution in [3.8, 4) is 22.9 Å². The summed E-state index contributed by atoms with van der Waals surface area (Å²) < 4.78 is 74.5. The average molecular weight is 464 g/mol. The van der Waals surface area contributed by atoms with Gasteiger partial charge in [0.1, 0.15) is 5.82 Å². The number of fused-ring (bicyclic) bond motifs is 1. The van der Waals surface area contributed by atoms with E-state index >= 15 is 4.39 Å². The number of carbonyl (C=O) groups is 1. The molecule has 0 radical (unpaired) electrons. The summed E-state index contributed by atoms with van der Waals surface area (Å²) in [5, 5.41) is 0. The molecule has 1 fully saturated rings. The number of alkyl halides is 3. The standard InChI is InChI=1S/C22H17F5N4O2/c1-11-19(31-10-30(9-12-2-3-12)21(32)20(31)29-11)14-6-16(24)17(7-15(14)23)33-18-5-4-13(8-28-18)22(25,26)27/h4-8,12H,2-3,9-10H2,1H3. The van der Waals surface area contributed by atoms with Crippen molar-refractivity contribution in [3.63, 3.8) is 0 Å². The highest BCUT2D eigenvalue weighted by Gasteiger charge is 2.37. The van der Waals surface area contributed by atoms with Gasteiger partial charge in [0.05, 0.1) is 23.6 Å². The second kappa shape index (κ2) is 7.53. The molecule has 0 N–H and O–H groups in total. The van der Waals surface area contributed by atoms with Crippen molar-refractivity contribution in [1.82, 2.24) is 19.4 Å². The Labute approximate surface area is 184 Å². The fourth-order valence-electron chi connectivity index (χ4n) is 3.85. The van der Waals surface area contributed by atoms with Crippen LogP contribution in [0.25, 0.3) is 11.3 Å². The molecular weight excluding hydrogens is 447 g/mol. The summed E-state index contributed by atoms with van der Waals surface area (Å²) >= 11 is 0. The van der Waals surface area contributed by atoms with E-state index in [2.05, 4.69) is 9.97 Å². The molecule has 0 unspecified atom stereocenters. The number of amides is 1. The highest BCUT2D eigenvalue weighted by atomic mass is 19.4. The summed E-state index contributed by atoms with van der Waals surface area (Å²) in [6.45, 7) is 2.41. The molecule has 1 aliphatic heterocycles. The molecule has 3 aromatic rings. The number of halogens is 5. The van der Waals surface area contributed by atoms with Crippen LogP contribution in [0.1, 0.15) is 34.7 Å². The number of rotatable bonds is 5. The number of hydrogen-bond donors (Lipinski definition) is 0. The third kappa shape index (κ3) is 3.91. The molecule has 1 aromatic carbocycles. The number of nitrogens with zero attached hydrogens (tertiary/aromatic N) is 4. The lowest BCUT2D eigenvalue weighted by Gasteiger charge is -2.16. The summed E-state index contributed by atoms with van der Waals surface area (Å²) in [4.78, 5) is 22.0. The average Bonchev–Trinajstić information content (AvgIpc) is 3.45. The van der Waals surface area contributed by atoms with Crippen LogP contribution in [0, 0.1) is 24.5 Å². The van der Waals surface area contributed by atoms with E-state index in [1.165, 1.54) is 0 Å². The van der Waals surface area contributed by atoms with Crippen molar-refractivity contribution in [2.24, 2.45) is 5.92 Å². The predicted molar refractivity (Wildman–Crippen MR) is 105 cm³/mol. The maximum Gasteiger partial charge on any atom is 0.417 e. The second-order valence-corrected chi connectivity index (χ2v) is 8.16. The quantitative estimate of drug-likeness (QED) is 0.489. The van der Waals surface area contributed by atoms with Crippen molar-refractivity contribution < 1.29 is 31.5 Å². The SMILES string of the molecule is Cc1nc2n(c1-c1cc(F)c(Oc3ccc(C(F)(F)F)cn3)cc1F)CN(CC1CC1)C2=O. The van der Waals surface area contributed by atoms with Crippen LogP contribution in [0.4, 0.5) is 22.0 Å². The lowest BCUT2D eigenvalue weighted by molar-refractivity contribution is -0.137. The van der Waals surface area contributed by atoms with Crippen molar-refractivity contribution >= 4 is 5.91 Å². The highest BCUT2D eigenvalue weighted by Crippen LogP contribution is 2.37. The topological polar surface area (TPSA) is 60.2 Å². The number of hydrogen-bond acceptors (Lipinski definition) is 4. The van der Waals surface area contributed by atoms with Crippen LogP contribution >= 0.6 is 0 Å². The minimum atomic E-state index is -4.58. The van der Waals surface area contributed by atoms with Gasteiger partial charge < -0.3 is 14.2 Å². The summed E-state index contributed by atoms with van der Waals surface area (Å²) in [7, 11) is 0. The third-order valence-electron chi connectivity index (χ3n) is 5.66. The van der Waals surface area contributed by atoms with Gasteiger partial charge in [0.15, 0.2) is 11.6 Å². The van der Waals surface area contributed by atoms with E-state index in [1.54, 1.807) is 16.4 Å². The maximum absolute atomic E-state index is 15.0. The molecule has 172 valence electrons. The van der Waals surface area contributed by atoms with Gasteiger partial charge in [-0.15, -0.1) is 0 Å². The van der Waals surface area contributed by atoms with E-state index < -0.39 is 29.1 Å². The first-order valence-electron chi connectivity index (χ1n) is 10.2.